The SMILES string of the molecule is CNc1nc(C(=O)O)cn1C1CC1. The summed E-state index contributed by atoms with van der Waals surface area (Å²) in [5.74, 6) is -0.337. The Balaban J connectivity index is 2.36. The fourth-order valence-corrected chi connectivity index (χ4v) is 1.31. The highest BCUT2D eigenvalue weighted by Gasteiger charge is 2.27. The van der Waals surface area contributed by atoms with Crippen LogP contribution >= 0.6 is 0 Å². The Hall–Kier alpha value is -1.52. The number of carboxylic acids is 1. The molecule has 1 aromatic heterocycles. The Morgan fingerprint density at radius 1 is 1.77 bits per heavy atom. The Bertz CT molecular complexity index is 341. The average molecular weight is 181 g/mol. The van der Waals surface area contributed by atoms with Crippen LogP contribution in [-0.2, 0) is 0 Å². The van der Waals surface area contributed by atoms with Crippen molar-refractivity contribution in [3.8, 4) is 0 Å². The molecule has 1 aliphatic carbocycles. The molecule has 0 bridgehead atoms. The van der Waals surface area contributed by atoms with Gasteiger partial charge in [-0.25, -0.2) is 9.78 Å². The molecule has 1 aliphatic rings. The summed E-state index contributed by atoms with van der Waals surface area (Å²) in [6.45, 7) is 0. The number of imidazole rings is 1. The van der Waals surface area contributed by atoms with Crippen molar-refractivity contribution >= 4 is 11.9 Å². The maximum atomic E-state index is 10.6. The summed E-state index contributed by atoms with van der Waals surface area (Å²) >= 11 is 0. The molecule has 13 heavy (non-hydrogen) atoms. The molecule has 1 aromatic rings. The fourth-order valence-electron chi connectivity index (χ4n) is 1.31. The predicted molar refractivity (Wildman–Crippen MR) is 47.0 cm³/mol. The number of hydrogen-bond acceptors (Lipinski definition) is 3. The maximum absolute atomic E-state index is 10.6. The number of hydrogen-bond donors (Lipinski definition) is 2. The summed E-state index contributed by atoms with van der Waals surface area (Å²) in [6.07, 6.45) is 3.82. The number of carbonyl (C=O) groups is 1. The van der Waals surface area contributed by atoms with E-state index >= 15 is 0 Å². The van der Waals surface area contributed by atoms with Gasteiger partial charge in [-0.1, -0.05) is 0 Å². The Morgan fingerprint density at radius 2 is 2.46 bits per heavy atom. The first-order chi connectivity index (χ1) is 6.22. The van der Waals surface area contributed by atoms with Gasteiger partial charge >= 0.3 is 5.97 Å². The molecule has 0 aliphatic heterocycles. The zero-order valence-corrected chi connectivity index (χ0v) is 7.32. The van der Waals surface area contributed by atoms with Crippen LogP contribution in [0, 0.1) is 0 Å². The van der Waals surface area contributed by atoms with Crippen molar-refractivity contribution in [3.63, 3.8) is 0 Å². The van der Waals surface area contributed by atoms with Crippen molar-refractivity contribution in [2.45, 2.75) is 18.9 Å². The topological polar surface area (TPSA) is 67.2 Å². The van der Waals surface area contributed by atoms with Crippen LogP contribution in [0.3, 0.4) is 0 Å². The van der Waals surface area contributed by atoms with Crippen molar-refractivity contribution in [2.24, 2.45) is 0 Å². The number of aromatic carboxylic acids is 1. The molecule has 1 heterocycles. The summed E-state index contributed by atoms with van der Waals surface area (Å²) in [5.41, 5.74) is 0.108. The number of rotatable bonds is 3. The monoisotopic (exact) mass is 181 g/mol. The second-order valence-corrected chi connectivity index (χ2v) is 3.14. The van der Waals surface area contributed by atoms with E-state index in [0.717, 1.165) is 12.8 Å². The molecule has 0 amide bonds. The Labute approximate surface area is 75.4 Å². The van der Waals surface area contributed by atoms with Gasteiger partial charge in [0, 0.05) is 19.3 Å². The molecule has 0 saturated heterocycles. The summed E-state index contributed by atoms with van der Waals surface area (Å²) < 4.78 is 1.89. The van der Waals surface area contributed by atoms with Gasteiger partial charge in [0.2, 0.25) is 5.95 Å². The molecule has 1 saturated carbocycles. The molecule has 0 spiro atoms. The highest BCUT2D eigenvalue weighted by Crippen LogP contribution is 2.37. The van der Waals surface area contributed by atoms with Crippen LogP contribution in [-0.4, -0.2) is 27.7 Å². The summed E-state index contributed by atoms with van der Waals surface area (Å²) in [6, 6.07) is 0.447. The Kier molecular flexibility index (Phi) is 1.72. The van der Waals surface area contributed by atoms with E-state index in [1.54, 1.807) is 13.2 Å². The van der Waals surface area contributed by atoms with Crippen molar-refractivity contribution in [2.75, 3.05) is 12.4 Å². The highest BCUT2D eigenvalue weighted by atomic mass is 16.4. The third-order valence-electron chi connectivity index (χ3n) is 2.12. The number of carboxylic acid groups (broad SMARTS) is 1. The van der Waals surface area contributed by atoms with Crippen molar-refractivity contribution in [1.29, 1.82) is 0 Å². The van der Waals surface area contributed by atoms with Crippen LogP contribution < -0.4 is 5.32 Å². The number of anilines is 1. The number of nitrogens with zero attached hydrogens (tertiary/aromatic N) is 2. The summed E-state index contributed by atoms with van der Waals surface area (Å²) in [4.78, 5) is 14.6. The zero-order chi connectivity index (χ0) is 9.42. The first-order valence-electron chi connectivity index (χ1n) is 4.22. The third-order valence-corrected chi connectivity index (χ3v) is 2.12. The minimum absolute atomic E-state index is 0.108. The van der Waals surface area contributed by atoms with Crippen LogP contribution in [0.5, 0.6) is 0 Å². The van der Waals surface area contributed by atoms with Crippen molar-refractivity contribution in [3.05, 3.63) is 11.9 Å². The third kappa shape index (κ3) is 1.37. The molecule has 2 N–H and O–H groups in total. The summed E-state index contributed by atoms with van der Waals surface area (Å²) in [7, 11) is 1.74. The first kappa shape index (κ1) is 8.10. The van der Waals surface area contributed by atoms with Crippen LogP contribution in [0.2, 0.25) is 0 Å². The number of aromatic nitrogens is 2. The lowest BCUT2D eigenvalue weighted by Gasteiger charge is -2.02. The average Bonchev–Trinajstić information content (AvgIpc) is 2.84. The van der Waals surface area contributed by atoms with E-state index in [1.807, 2.05) is 4.57 Å². The molecular weight excluding hydrogens is 170 g/mol. The van der Waals surface area contributed by atoms with Gasteiger partial charge in [-0.15, -0.1) is 0 Å². The maximum Gasteiger partial charge on any atom is 0.356 e. The zero-order valence-electron chi connectivity index (χ0n) is 7.32. The quantitative estimate of drug-likeness (QED) is 0.728. The predicted octanol–water partition coefficient (Wildman–Crippen LogP) is 0.958. The van der Waals surface area contributed by atoms with Crippen LogP contribution in [0.1, 0.15) is 29.4 Å². The first-order valence-corrected chi connectivity index (χ1v) is 4.22. The van der Waals surface area contributed by atoms with E-state index in [2.05, 4.69) is 10.3 Å². The van der Waals surface area contributed by atoms with Gasteiger partial charge in [-0.3, -0.25) is 0 Å². The van der Waals surface area contributed by atoms with E-state index in [9.17, 15) is 4.79 Å². The molecule has 70 valence electrons. The van der Waals surface area contributed by atoms with Gasteiger partial charge in [-0.05, 0) is 12.8 Å². The van der Waals surface area contributed by atoms with Crippen LogP contribution in [0.4, 0.5) is 5.95 Å². The molecule has 0 aromatic carbocycles. The molecule has 0 atom stereocenters. The largest absolute Gasteiger partial charge is 0.476 e. The smallest absolute Gasteiger partial charge is 0.356 e. The van der Waals surface area contributed by atoms with Gasteiger partial charge in [0.1, 0.15) is 0 Å². The number of nitrogens with one attached hydrogen (secondary N) is 1. The lowest BCUT2D eigenvalue weighted by Crippen LogP contribution is -2.00. The normalized spacial score (nSPS) is 15.8. The summed E-state index contributed by atoms with van der Waals surface area (Å²) in [5, 5.41) is 11.6. The van der Waals surface area contributed by atoms with Gasteiger partial charge in [0.15, 0.2) is 5.69 Å². The van der Waals surface area contributed by atoms with Crippen molar-refractivity contribution in [1.82, 2.24) is 9.55 Å². The second kappa shape index (κ2) is 2.76. The molecule has 2 rings (SSSR count). The lowest BCUT2D eigenvalue weighted by molar-refractivity contribution is 0.0691. The lowest BCUT2D eigenvalue weighted by atomic mass is 10.5. The van der Waals surface area contributed by atoms with E-state index < -0.39 is 5.97 Å². The van der Waals surface area contributed by atoms with E-state index in [1.165, 1.54) is 0 Å². The highest BCUT2D eigenvalue weighted by molar-refractivity contribution is 5.85. The van der Waals surface area contributed by atoms with Gasteiger partial charge in [-0.2, -0.15) is 0 Å². The van der Waals surface area contributed by atoms with Gasteiger partial charge < -0.3 is 15.0 Å². The molecule has 0 radical (unpaired) electrons. The Morgan fingerprint density at radius 3 is 2.92 bits per heavy atom. The van der Waals surface area contributed by atoms with Crippen LogP contribution in [0.15, 0.2) is 6.20 Å². The van der Waals surface area contributed by atoms with Crippen LogP contribution in [0.25, 0.3) is 0 Å². The molecule has 1 fully saturated rings. The second-order valence-electron chi connectivity index (χ2n) is 3.14. The van der Waals surface area contributed by atoms with E-state index in [0.29, 0.717) is 12.0 Å². The van der Waals surface area contributed by atoms with Crippen molar-refractivity contribution < 1.29 is 9.90 Å². The van der Waals surface area contributed by atoms with E-state index in [-0.39, 0.29) is 5.69 Å². The van der Waals surface area contributed by atoms with Gasteiger partial charge in [0.25, 0.3) is 0 Å². The molecular formula is C8H11N3O2. The molecule has 5 heteroatoms. The van der Waals surface area contributed by atoms with E-state index in [4.69, 9.17) is 5.11 Å². The molecule has 0 unspecified atom stereocenters. The minimum atomic E-state index is -0.976. The van der Waals surface area contributed by atoms with Gasteiger partial charge in [0.05, 0.1) is 0 Å². The fraction of sp³-hybridized carbons (Fsp3) is 0.500. The standard InChI is InChI=1S/C8H11N3O2/c1-9-8-10-6(7(12)13)4-11(8)5-2-3-5/h4-5H,2-3H2,1H3,(H,9,10)(H,12,13). The molecule has 5 nitrogen and oxygen atoms in total. The minimum Gasteiger partial charge on any atom is -0.476 e.